The van der Waals surface area contributed by atoms with E-state index in [0.29, 0.717) is 19.5 Å². The molecule has 0 fully saturated rings. The molecule has 0 aliphatic heterocycles. The Morgan fingerprint density at radius 3 is 3.04 bits per heavy atom. The van der Waals surface area contributed by atoms with Gasteiger partial charge in [0.2, 0.25) is 0 Å². The number of nitrogens with zero attached hydrogens (tertiary/aromatic N) is 3. The Hall–Kier alpha value is -2.34. The predicted molar refractivity (Wildman–Crippen MR) is 96.0 cm³/mol. The first-order chi connectivity index (χ1) is 12.2. The number of amides is 2. The highest BCUT2D eigenvalue weighted by Crippen LogP contribution is 2.34. The van der Waals surface area contributed by atoms with E-state index < -0.39 is 0 Å². The molecule has 2 amide bonds. The largest absolute Gasteiger partial charge is 0.396 e. The van der Waals surface area contributed by atoms with Crippen molar-refractivity contribution >= 4 is 6.03 Å². The van der Waals surface area contributed by atoms with Crippen LogP contribution in [0.5, 0.6) is 0 Å². The van der Waals surface area contributed by atoms with Crippen LogP contribution in [0.3, 0.4) is 0 Å². The lowest BCUT2D eigenvalue weighted by Gasteiger charge is -2.36. The molecule has 134 valence electrons. The summed E-state index contributed by atoms with van der Waals surface area (Å²) in [5, 5.41) is 12.2. The number of aromatic nitrogens is 2. The second-order valence-corrected chi connectivity index (χ2v) is 6.49. The maximum atomic E-state index is 12.9. The Kier molecular flexibility index (Phi) is 5.71. The van der Waals surface area contributed by atoms with Crippen LogP contribution in [0.1, 0.15) is 42.3 Å². The maximum Gasteiger partial charge on any atom is 0.318 e. The van der Waals surface area contributed by atoms with E-state index >= 15 is 0 Å². The molecule has 2 aromatic rings. The van der Waals surface area contributed by atoms with Gasteiger partial charge >= 0.3 is 6.03 Å². The average Bonchev–Trinajstić information content (AvgIpc) is 3.05. The van der Waals surface area contributed by atoms with Gasteiger partial charge in [-0.2, -0.15) is 0 Å². The van der Waals surface area contributed by atoms with Crippen molar-refractivity contribution in [3.8, 4) is 0 Å². The Labute approximate surface area is 148 Å². The van der Waals surface area contributed by atoms with Crippen molar-refractivity contribution in [2.75, 3.05) is 13.2 Å². The number of aryl methyl sites for hydroxylation is 2. The molecule has 1 aromatic carbocycles. The first-order valence-electron chi connectivity index (χ1n) is 8.90. The number of benzene rings is 1. The highest BCUT2D eigenvalue weighted by Gasteiger charge is 2.28. The molecule has 6 nitrogen and oxygen atoms in total. The molecular formula is C19H26N4O2. The van der Waals surface area contributed by atoms with Gasteiger partial charge in [-0.25, -0.2) is 9.78 Å². The van der Waals surface area contributed by atoms with Crippen LogP contribution < -0.4 is 5.32 Å². The molecule has 0 saturated heterocycles. The molecule has 25 heavy (non-hydrogen) atoms. The van der Waals surface area contributed by atoms with E-state index in [9.17, 15) is 9.90 Å². The van der Waals surface area contributed by atoms with Crippen molar-refractivity contribution in [1.82, 2.24) is 19.8 Å². The smallest absolute Gasteiger partial charge is 0.318 e. The number of carbonyl (C=O) groups is 1. The summed E-state index contributed by atoms with van der Waals surface area (Å²) in [5.74, 6) is 0.819. The van der Waals surface area contributed by atoms with Gasteiger partial charge < -0.3 is 19.9 Å². The predicted octanol–water partition coefficient (Wildman–Crippen LogP) is 2.39. The average molecular weight is 342 g/mol. The quantitative estimate of drug-likeness (QED) is 0.847. The van der Waals surface area contributed by atoms with E-state index in [4.69, 9.17) is 0 Å². The van der Waals surface area contributed by atoms with Gasteiger partial charge in [-0.05, 0) is 36.8 Å². The highest BCUT2D eigenvalue weighted by atomic mass is 16.3. The molecule has 0 bridgehead atoms. The molecular weight excluding hydrogens is 316 g/mol. The SMILES string of the molecule is Cn1ccnc1CNC(=O)N(CCCO)[C@@H]1CCCc2ccccc21. The van der Waals surface area contributed by atoms with Crippen molar-refractivity contribution in [2.24, 2.45) is 7.05 Å². The van der Waals surface area contributed by atoms with E-state index in [1.807, 2.05) is 28.8 Å². The third-order valence-corrected chi connectivity index (χ3v) is 4.85. The number of imidazole rings is 1. The van der Waals surface area contributed by atoms with E-state index in [0.717, 1.165) is 25.1 Å². The van der Waals surface area contributed by atoms with Gasteiger partial charge in [0, 0.05) is 32.6 Å². The molecule has 0 radical (unpaired) electrons. The Morgan fingerprint density at radius 1 is 1.44 bits per heavy atom. The molecule has 1 aromatic heterocycles. The molecule has 1 aliphatic carbocycles. The van der Waals surface area contributed by atoms with Crippen LogP contribution in [0.25, 0.3) is 0 Å². The normalized spacial score (nSPS) is 16.3. The number of hydrogen-bond donors (Lipinski definition) is 2. The van der Waals surface area contributed by atoms with Crippen LogP contribution in [0.4, 0.5) is 4.79 Å². The minimum absolute atomic E-state index is 0.0675. The minimum Gasteiger partial charge on any atom is -0.396 e. The number of aliphatic hydroxyl groups is 1. The summed E-state index contributed by atoms with van der Waals surface area (Å²) in [6.45, 7) is 1.02. The lowest BCUT2D eigenvalue weighted by atomic mass is 9.87. The van der Waals surface area contributed by atoms with Gasteiger partial charge in [0.1, 0.15) is 5.82 Å². The summed E-state index contributed by atoms with van der Waals surface area (Å²) in [6.07, 6.45) is 7.26. The summed E-state index contributed by atoms with van der Waals surface area (Å²) >= 11 is 0. The Bertz CT molecular complexity index is 713. The van der Waals surface area contributed by atoms with Gasteiger partial charge in [-0.15, -0.1) is 0 Å². The molecule has 0 spiro atoms. The van der Waals surface area contributed by atoms with E-state index in [-0.39, 0.29) is 18.7 Å². The molecule has 1 heterocycles. The van der Waals surface area contributed by atoms with Gasteiger partial charge in [-0.1, -0.05) is 24.3 Å². The van der Waals surface area contributed by atoms with Crippen molar-refractivity contribution < 1.29 is 9.90 Å². The van der Waals surface area contributed by atoms with Crippen molar-refractivity contribution in [3.63, 3.8) is 0 Å². The van der Waals surface area contributed by atoms with E-state index in [1.54, 1.807) is 6.20 Å². The standard InChI is InChI=1S/C19H26N4O2/c1-22-12-10-20-18(22)14-21-19(25)23(11-5-13-24)17-9-4-7-15-6-2-3-8-16(15)17/h2-3,6,8,10,12,17,24H,4-5,7,9,11,13-14H2,1H3,(H,21,25)/t17-/m1/s1. The molecule has 2 N–H and O–H groups in total. The second kappa shape index (κ2) is 8.16. The van der Waals surface area contributed by atoms with Gasteiger partial charge in [0.15, 0.2) is 0 Å². The third kappa shape index (κ3) is 4.02. The van der Waals surface area contributed by atoms with Crippen molar-refractivity contribution in [1.29, 1.82) is 0 Å². The summed E-state index contributed by atoms with van der Waals surface area (Å²) in [6, 6.07) is 8.33. The van der Waals surface area contributed by atoms with Crippen molar-refractivity contribution in [3.05, 3.63) is 53.6 Å². The van der Waals surface area contributed by atoms with Gasteiger partial charge in [0.05, 0.1) is 12.6 Å². The molecule has 1 aliphatic rings. The fraction of sp³-hybridized carbons (Fsp3) is 0.474. The fourth-order valence-corrected chi connectivity index (χ4v) is 3.52. The highest BCUT2D eigenvalue weighted by molar-refractivity contribution is 5.74. The maximum absolute atomic E-state index is 12.9. The van der Waals surface area contributed by atoms with Crippen LogP contribution in [0, 0.1) is 0 Å². The topological polar surface area (TPSA) is 70.4 Å². The van der Waals surface area contributed by atoms with Crippen LogP contribution in [-0.4, -0.2) is 38.7 Å². The summed E-state index contributed by atoms with van der Waals surface area (Å²) in [7, 11) is 1.91. The summed E-state index contributed by atoms with van der Waals surface area (Å²) < 4.78 is 1.90. The summed E-state index contributed by atoms with van der Waals surface area (Å²) in [5.41, 5.74) is 2.56. The third-order valence-electron chi connectivity index (χ3n) is 4.85. The van der Waals surface area contributed by atoms with Gasteiger partial charge in [0.25, 0.3) is 0 Å². The van der Waals surface area contributed by atoms with E-state index in [2.05, 4.69) is 28.5 Å². The van der Waals surface area contributed by atoms with Crippen LogP contribution in [-0.2, 0) is 20.0 Å². The lowest BCUT2D eigenvalue weighted by molar-refractivity contribution is 0.157. The number of nitrogens with one attached hydrogen (secondary N) is 1. The number of fused-ring (bicyclic) bond motifs is 1. The zero-order valence-corrected chi connectivity index (χ0v) is 14.7. The molecule has 6 heteroatoms. The number of rotatable bonds is 6. The number of hydrogen-bond acceptors (Lipinski definition) is 3. The first-order valence-corrected chi connectivity index (χ1v) is 8.90. The minimum atomic E-state index is -0.0989. The Morgan fingerprint density at radius 2 is 2.28 bits per heavy atom. The van der Waals surface area contributed by atoms with Crippen molar-refractivity contribution in [2.45, 2.75) is 38.3 Å². The van der Waals surface area contributed by atoms with Crippen LogP contribution in [0.2, 0.25) is 0 Å². The zero-order valence-electron chi connectivity index (χ0n) is 14.7. The van der Waals surface area contributed by atoms with E-state index in [1.165, 1.54) is 11.1 Å². The first kappa shape index (κ1) is 17.5. The molecule has 3 rings (SSSR count). The molecule has 0 saturated carbocycles. The van der Waals surface area contributed by atoms with Crippen LogP contribution >= 0.6 is 0 Å². The number of urea groups is 1. The fourth-order valence-electron chi connectivity index (χ4n) is 3.52. The lowest BCUT2D eigenvalue weighted by Crippen LogP contribution is -2.44. The summed E-state index contributed by atoms with van der Waals surface area (Å²) in [4.78, 5) is 19.0. The van der Waals surface area contributed by atoms with Gasteiger partial charge in [-0.3, -0.25) is 0 Å². The van der Waals surface area contributed by atoms with Crippen LogP contribution in [0.15, 0.2) is 36.7 Å². The molecule has 0 unspecified atom stereocenters. The monoisotopic (exact) mass is 342 g/mol. The molecule has 1 atom stereocenters. The second-order valence-electron chi connectivity index (χ2n) is 6.49. The number of aliphatic hydroxyl groups excluding tert-OH is 1. The Balaban J connectivity index is 1.75. The number of carbonyl (C=O) groups excluding carboxylic acids is 1. The zero-order chi connectivity index (χ0) is 17.6.